The number of nitrogens with one attached hydrogen (secondary N) is 1. The number of piperidine rings is 1. The van der Waals surface area contributed by atoms with Gasteiger partial charge in [0.25, 0.3) is 0 Å². The lowest BCUT2D eigenvalue weighted by Crippen LogP contribution is -2.34. The number of aromatic amines is 1. The summed E-state index contributed by atoms with van der Waals surface area (Å²) in [6.07, 6.45) is 7.25. The summed E-state index contributed by atoms with van der Waals surface area (Å²) in [5, 5.41) is 1.29. The second-order valence-electron chi connectivity index (χ2n) is 6.56. The summed E-state index contributed by atoms with van der Waals surface area (Å²) in [5.74, 6) is 1.39. The quantitative estimate of drug-likeness (QED) is 0.696. The van der Waals surface area contributed by atoms with E-state index < -0.39 is 0 Å². The van der Waals surface area contributed by atoms with Crippen LogP contribution in [0.4, 0.5) is 5.82 Å². The van der Waals surface area contributed by atoms with Crippen LogP contribution < -0.4 is 4.90 Å². The molecule has 0 saturated carbocycles. The highest BCUT2D eigenvalue weighted by atomic mass is 35.5. The number of rotatable bonds is 3. The summed E-state index contributed by atoms with van der Waals surface area (Å²) in [5.41, 5.74) is 4.12. The summed E-state index contributed by atoms with van der Waals surface area (Å²) in [4.78, 5) is 18.7. The molecule has 134 valence electrons. The van der Waals surface area contributed by atoms with Gasteiger partial charge in [-0.2, -0.15) is 0 Å². The van der Waals surface area contributed by atoms with Crippen LogP contribution in [0, 0.1) is 6.92 Å². The van der Waals surface area contributed by atoms with E-state index in [4.69, 9.17) is 23.2 Å². The molecule has 1 N–H and O–H groups in total. The van der Waals surface area contributed by atoms with E-state index in [9.17, 15) is 0 Å². The Morgan fingerprint density at radius 3 is 2.65 bits per heavy atom. The molecule has 0 spiro atoms. The van der Waals surface area contributed by atoms with Crippen molar-refractivity contribution in [2.45, 2.75) is 25.7 Å². The van der Waals surface area contributed by atoms with Crippen molar-refractivity contribution in [3.8, 4) is 11.1 Å². The van der Waals surface area contributed by atoms with Gasteiger partial charge in [-0.05, 0) is 38.0 Å². The van der Waals surface area contributed by atoms with Crippen LogP contribution in [0.5, 0.6) is 0 Å². The normalized spacial score (nSPS) is 15.4. The molecule has 3 heterocycles. The molecule has 0 aliphatic carbocycles. The lowest BCUT2D eigenvalue weighted by molar-refractivity contribution is 0.493. The molecule has 0 amide bonds. The van der Waals surface area contributed by atoms with E-state index in [-0.39, 0.29) is 0 Å². The van der Waals surface area contributed by atoms with Gasteiger partial charge in [0, 0.05) is 52.1 Å². The van der Waals surface area contributed by atoms with Crippen molar-refractivity contribution in [1.29, 1.82) is 0 Å². The Morgan fingerprint density at radius 2 is 1.92 bits per heavy atom. The first kappa shape index (κ1) is 17.3. The van der Waals surface area contributed by atoms with Gasteiger partial charge < -0.3 is 9.88 Å². The highest BCUT2D eigenvalue weighted by Crippen LogP contribution is 2.37. The highest BCUT2D eigenvalue weighted by Gasteiger charge is 2.26. The molecule has 4 rings (SSSR count). The Hall–Kier alpha value is -2.11. The molecule has 3 aromatic rings. The Bertz CT molecular complexity index is 916. The minimum absolute atomic E-state index is 0.484. The number of H-pyrrole nitrogens is 1. The maximum atomic E-state index is 6.41. The summed E-state index contributed by atoms with van der Waals surface area (Å²) in [6, 6.07) is 5.46. The van der Waals surface area contributed by atoms with E-state index in [0.29, 0.717) is 16.0 Å². The number of hydrogen-bond donors (Lipinski definition) is 1. The summed E-state index contributed by atoms with van der Waals surface area (Å²) >= 11 is 12.6. The second kappa shape index (κ2) is 7.25. The zero-order chi connectivity index (χ0) is 18.1. The van der Waals surface area contributed by atoms with E-state index >= 15 is 0 Å². The largest absolute Gasteiger partial charge is 0.356 e. The number of benzene rings is 1. The smallest absolute Gasteiger partial charge is 0.139 e. The van der Waals surface area contributed by atoms with Crippen LogP contribution in [-0.4, -0.2) is 33.0 Å². The van der Waals surface area contributed by atoms with Crippen molar-refractivity contribution in [2.75, 3.05) is 18.0 Å². The van der Waals surface area contributed by atoms with Crippen molar-refractivity contribution in [3.05, 3.63) is 58.5 Å². The lowest BCUT2D eigenvalue weighted by atomic mass is 9.92. The summed E-state index contributed by atoms with van der Waals surface area (Å²) in [6.45, 7) is 3.91. The molecule has 7 heteroatoms. The topological polar surface area (TPSA) is 57.7 Å². The van der Waals surface area contributed by atoms with Gasteiger partial charge in [0.05, 0.1) is 12.0 Å². The Morgan fingerprint density at radius 1 is 1.12 bits per heavy atom. The number of nitrogens with zero attached hydrogens (tertiary/aromatic N) is 4. The molecular formula is C19H19Cl2N5. The summed E-state index contributed by atoms with van der Waals surface area (Å²) in [7, 11) is 0. The van der Waals surface area contributed by atoms with Gasteiger partial charge in [0.15, 0.2) is 0 Å². The van der Waals surface area contributed by atoms with Gasteiger partial charge in [-0.25, -0.2) is 15.0 Å². The third-order valence-electron chi connectivity index (χ3n) is 4.96. The Balaban J connectivity index is 1.60. The number of anilines is 1. The van der Waals surface area contributed by atoms with E-state index in [0.717, 1.165) is 48.6 Å². The molecular weight excluding hydrogens is 369 g/mol. The average Bonchev–Trinajstić information content (AvgIpc) is 3.10. The molecule has 1 aromatic carbocycles. The van der Waals surface area contributed by atoms with Crippen LogP contribution in [0.15, 0.2) is 37.1 Å². The molecule has 0 atom stereocenters. The van der Waals surface area contributed by atoms with Gasteiger partial charge >= 0.3 is 0 Å². The first-order chi connectivity index (χ1) is 12.6. The molecule has 2 aromatic heterocycles. The fourth-order valence-electron chi connectivity index (χ4n) is 3.61. The number of aryl methyl sites for hydroxylation is 1. The van der Waals surface area contributed by atoms with Crippen LogP contribution in [0.1, 0.15) is 30.1 Å². The number of aromatic nitrogens is 4. The number of imidazole rings is 1. The maximum Gasteiger partial charge on any atom is 0.139 e. The Labute approximate surface area is 162 Å². The van der Waals surface area contributed by atoms with Crippen LogP contribution in [0.3, 0.4) is 0 Å². The molecule has 0 bridgehead atoms. The molecule has 1 aliphatic rings. The van der Waals surface area contributed by atoms with E-state index in [2.05, 4.69) is 31.8 Å². The Kier molecular flexibility index (Phi) is 4.83. The van der Waals surface area contributed by atoms with Gasteiger partial charge in [0.2, 0.25) is 0 Å². The predicted octanol–water partition coefficient (Wildman–Crippen LogP) is 4.87. The van der Waals surface area contributed by atoms with Crippen LogP contribution in [0.2, 0.25) is 10.0 Å². The van der Waals surface area contributed by atoms with Crippen molar-refractivity contribution < 1.29 is 0 Å². The van der Waals surface area contributed by atoms with Gasteiger partial charge in [-0.3, -0.25) is 0 Å². The van der Waals surface area contributed by atoms with E-state index in [1.165, 1.54) is 5.69 Å². The standard InChI is InChI=1S/C19H19Cl2N5/c1-12-18(24-11-23-12)13-4-6-26(7-5-13)19-16(9-22-10-25-19)15-8-14(20)2-3-17(15)21/h2-3,8-11,13H,4-7H2,1H3,(H,23,24). The minimum Gasteiger partial charge on any atom is -0.356 e. The molecule has 5 nitrogen and oxygen atoms in total. The zero-order valence-electron chi connectivity index (χ0n) is 14.4. The average molecular weight is 388 g/mol. The van der Waals surface area contributed by atoms with Gasteiger partial charge in [-0.1, -0.05) is 23.2 Å². The molecule has 1 aliphatic heterocycles. The first-order valence-electron chi connectivity index (χ1n) is 8.63. The fourth-order valence-corrected chi connectivity index (χ4v) is 4.01. The van der Waals surface area contributed by atoms with Crippen molar-refractivity contribution >= 4 is 29.0 Å². The first-order valence-corrected chi connectivity index (χ1v) is 9.39. The molecule has 0 unspecified atom stereocenters. The van der Waals surface area contributed by atoms with Crippen LogP contribution >= 0.6 is 23.2 Å². The number of hydrogen-bond acceptors (Lipinski definition) is 4. The van der Waals surface area contributed by atoms with E-state index in [1.807, 2.05) is 18.3 Å². The monoisotopic (exact) mass is 387 g/mol. The third-order valence-corrected chi connectivity index (χ3v) is 5.52. The second-order valence-corrected chi connectivity index (χ2v) is 7.40. The molecule has 26 heavy (non-hydrogen) atoms. The SMILES string of the molecule is Cc1[nH]cnc1C1CCN(c2ncncc2-c2cc(Cl)ccc2Cl)CC1. The van der Waals surface area contributed by atoms with Gasteiger partial charge in [0.1, 0.15) is 12.1 Å². The highest BCUT2D eigenvalue weighted by molar-refractivity contribution is 6.35. The van der Waals surface area contributed by atoms with E-state index in [1.54, 1.807) is 18.7 Å². The molecule has 0 radical (unpaired) electrons. The fraction of sp³-hybridized carbons (Fsp3) is 0.316. The maximum absolute atomic E-state index is 6.41. The minimum atomic E-state index is 0.484. The van der Waals surface area contributed by atoms with Crippen LogP contribution in [-0.2, 0) is 0 Å². The predicted molar refractivity (Wildman–Crippen MR) is 105 cm³/mol. The molecule has 1 saturated heterocycles. The third kappa shape index (κ3) is 3.29. The van der Waals surface area contributed by atoms with Gasteiger partial charge in [-0.15, -0.1) is 0 Å². The molecule has 1 fully saturated rings. The zero-order valence-corrected chi connectivity index (χ0v) is 15.9. The number of halogens is 2. The van der Waals surface area contributed by atoms with Crippen molar-refractivity contribution in [1.82, 2.24) is 19.9 Å². The van der Waals surface area contributed by atoms with Crippen molar-refractivity contribution in [2.24, 2.45) is 0 Å². The summed E-state index contributed by atoms with van der Waals surface area (Å²) < 4.78 is 0. The van der Waals surface area contributed by atoms with Crippen LogP contribution in [0.25, 0.3) is 11.1 Å². The lowest BCUT2D eigenvalue weighted by Gasteiger charge is -2.33. The van der Waals surface area contributed by atoms with Crippen molar-refractivity contribution in [3.63, 3.8) is 0 Å².